The van der Waals surface area contributed by atoms with Crippen molar-refractivity contribution in [1.29, 1.82) is 0 Å². The van der Waals surface area contributed by atoms with Gasteiger partial charge in [0.1, 0.15) is 0 Å². The molecule has 0 spiro atoms. The molecule has 1 aliphatic heterocycles. The number of carbonyl (C=O) groups is 1. The Balaban J connectivity index is 1.88. The van der Waals surface area contributed by atoms with E-state index in [0.717, 1.165) is 25.9 Å². The summed E-state index contributed by atoms with van der Waals surface area (Å²) in [6, 6.07) is 5.01. The van der Waals surface area contributed by atoms with Gasteiger partial charge in [0.15, 0.2) is 0 Å². The number of nitrogens with one attached hydrogen (secondary N) is 1. The molecule has 4 N–H and O–H groups in total. The van der Waals surface area contributed by atoms with Gasteiger partial charge in [0.2, 0.25) is 5.91 Å². The number of aliphatic hydroxyl groups excluding tert-OH is 1. The number of amides is 1. The normalized spacial score (nSPS) is 19.8. The molecule has 0 aromatic heterocycles. The first-order chi connectivity index (χ1) is 9.58. The molecule has 1 aromatic rings. The highest BCUT2D eigenvalue weighted by Gasteiger charge is 2.21. The molecule has 0 bridgehead atoms. The van der Waals surface area contributed by atoms with Crippen LogP contribution in [0.15, 0.2) is 18.2 Å². The summed E-state index contributed by atoms with van der Waals surface area (Å²) in [5.41, 5.74) is 6.74. The van der Waals surface area contributed by atoms with E-state index in [0.29, 0.717) is 22.9 Å². The number of carbonyl (C=O) groups excluding carboxylic acids is 1. The maximum absolute atomic E-state index is 12.0. The summed E-state index contributed by atoms with van der Waals surface area (Å²) in [6.45, 7) is 2.15. The third kappa shape index (κ3) is 4.10. The molecule has 0 aliphatic carbocycles. The Kier molecular flexibility index (Phi) is 5.23. The van der Waals surface area contributed by atoms with Crippen molar-refractivity contribution in [2.24, 2.45) is 5.92 Å². The quantitative estimate of drug-likeness (QED) is 0.737. The minimum atomic E-state index is -0.102. The number of piperidine rings is 1. The van der Waals surface area contributed by atoms with Crippen molar-refractivity contribution >= 4 is 28.9 Å². The second-order valence-electron chi connectivity index (χ2n) is 5.21. The highest BCUT2D eigenvalue weighted by atomic mass is 35.5. The lowest BCUT2D eigenvalue weighted by Gasteiger charge is -2.31. The average Bonchev–Trinajstić information content (AvgIpc) is 2.42. The summed E-state index contributed by atoms with van der Waals surface area (Å²) in [7, 11) is 0. The zero-order chi connectivity index (χ0) is 14.5. The van der Waals surface area contributed by atoms with Crippen LogP contribution in [0.25, 0.3) is 0 Å². The largest absolute Gasteiger partial charge is 0.399 e. The number of halogens is 1. The second-order valence-corrected chi connectivity index (χ2v) is 5.62. The molecule has 1 atom stereocenters. The summed E-state index contributed by atoms with van der Waals surface area (Å²) >= 11 is 6.02. The van der Waals surface area contributed by atoms with Crippen molar-refractivity contribution in [1.82, 2.24) is 4.90 Å². The zero-order valence-corrected chi connectivity index (χ0v) is 12.1. The molecule has 5 nitrogen and oxygen atoms in total. The lowest BCUT2D eigenvalue weighted by atomic mass is 9.99. The first kappa shape index (κ1) is 15.1. The molecule has 6 heteroatoms. The molecule has 1 amide bonds. The molecule has 2 rings (SSSR count). The maximum Gasteiger partial charge on any atom is 0.238 e. The number of nitrogens with zero attached hydrogens (tertiary/aromatic N) is 1. The number of aliphatic hydroxyl groups is 1. The Labute approximate surface area is 123 Å². The standard InChI is InChI=1S/C14H20ClN3O2/c15-12-6-11(16)3-4-13(12)17-14(20)8-18-5-1-2-10(7-18)9-19/h3-4,6,10,19H,1-2,5,7-9,16H2,(H,17,20). The van der Waals surface area contributed by atoms with Gasteiger partial charge in [-0.1, -0.05) is 11.6 Å². The van der Waals surface area contributed by atoms with E-state index in [9.17, 15) is 9.90 Å². The molecule has 1 aromatic carbocycles. The molecule has 0 saturated carbocycles. The van der Waals surface area contributed by atoms with Crippen LogP contribution in [0, 0.1) is 5.92 Å². The fraction of sp³-hybridized carbons (Fsp3) is 0.500. The molecule has 1 unspecified atom stereocenters. The topological polar surface area (TPSA) is 78.6 Å². The van der Waals surface area contributed by atoms with E-state index in [1.165, 1.54) is 0 Å². The van der Waals surface area contributed by atoms with Gasteiger partial charge in [-0.05, 0) is 43.5 Å². The summed E-state index contributed by atoms with van der Waals surface area (Å²) < 4.78 is 0. The lowest BCUT2D eigenvalue weighted by molar-refractivity contribution is -0.117. The molecular weight excluding hydrogens is 278 g/mol. The zero-order valence-electron chi connectivity index (χ0n) is 11.3. The highest BCUT2D eigenvalue weighted by molar-refractivity contribution is 6.34. The van der Waals surface area contributed by atoms with Gasteiger partial charge < -0.3 is 16.2 Å². The van der Waals surface area contributed by atoms with Gasteiger partial charge in [-0.15, -0.1) is 0 Å². The average molecular weight is 298 g/mol. The van der Waals surface area contributed by atoms with E-state index in [4.69, 9.17) is 17.3 Å². The van der Waals surface area contributed by atoms with Crippen LogP contribution in [0.2, 0.25) is 5.02 Å². The van der Waals surface area contributed by atoms with Crippen LogP contribution >= 0.6 is 11.6 Å². The van der Waals surface area contributed by atoms with Crippen LogP contribution in [0.4, 0.5) is 11.4 Å². The van der Waals surface area contributed by atoms with Crippen molar-refractivity contribution in [3.8, 4) is 0 Å². The number of likely N-dealkylation sites (tertiary alicyclic amines) is 1. The van der Waals surface area contributed by atoms with Crippen molar-refractivity contribution in [3.63, 3.8) is 0 Å². The van der Waals surface area contributed by atoms with E-state index in [1.54, 1.807) is 18.2 Å². The van der Waals surface area contributed by atoms with Crippen molar-refractivity contribution in [2.45, 2.75) is 12.8 Å². The van der Waals surface area contributed by atoms with Gasteiger partial charge in [-0.3, -0.25) is 9.69 Å². The molecule has 1 aliphatic rings. The van der Waals surface area contributed by atoms with Crippen LogP contribution < -0.4 is 11.1 Å². The highest BCUT2D eigenvalue weighted by Crippen LogP contribution is 2.24. The Morgan fingerprint density at radius 1 is 1.55 bits per heavy atom. The van der Waals surface area contributed by atoms with Crippen LogP contribution in [0.5, 0.6) is 0 Å². The van der Waals surface area contributed by atoms with Gasteiger partial charge in [0.25, 0.3) is 0 Å². The Bertz CT molecular complexity index is 481. The number of hydrogen-bond acceptors (Lipinski definition) is 4. The smallest absolute Gasteiger partial charge is 0.238 e. The number of rotatable bonds is 4. The molecule has 1 saturated heterocycles. The van der Waals surface area contributed by atoms with Crippen molar-refractivity contribution in [3.05, 3.63) is 23.2 Å². The molecule has 1 heterocycles. The molecule has 1 fully saturated rings. The molecule has 110 valence electrons. The van der Waals surface area contributed by atoms with E-state index >= 15 is 0 Å². The third-order valence-electron chi connectivity index (χ3n) is 3.50. The SMILES string of the molecule is Nc1ccc(NC(=O)CN2CCCC(CO)C2)c(Cl)c1. The van der Waals surface area contributed by atoms with E-state index in [-0.39, 0.29) is 18.4 Å². The number of nitrogens with two attached hydrogens (primary N) is 1. The Morgan fingerprint density at radius 3 is 3.05 bits per heavy atom. The molecule has 20 heavy (non-hydrogen) atoms. The fourth-order valence-corrected chi connectivity index (χ4v) is 2.71. The van der Waals surface area contributed by atoms with Gasteiger partial charge in [0, 0.05) is 18.8 Å². The summed E-state index contributed by atoms with van der Waals surface area (Å²) in [4.78, 5) is 14.1. The summed E-state index contributed by atoms with van der Waals surface area (Å²) in [5, 5.41) is 12.4. The number of benzene rings is 1. The van der Waals surface area contributed by atoms with Gasteiger partial charge >= 0.3 is 0 Å². The van der Waals surface area contributed by atoms with Crippen LogP contribution in [-0.2, 0) is 4.79 Å². The maximum atomic E-state index is 12.0. The van der Waals surface area contributed by atoms with Crippen molar-refractivity contribution < 1.29 is 9.90 Å². The molecular formula is C14H20ClN3O2. The first-order valence-electron chi connectivity index (χ1n) is 6.76. The number of nitrogen functional groups attached to an aromatic ring is 1. The van der Waals surface area contributed by atoms with E-state index in [2.05, 4.69) is 10.2 Å². The number of anilines is 2. The van der Waals surface area contributed by atoms with Crippen LogP contribution in [-0.4, -0.2) is 42.2 Å². The predicted molar refractivity (Wildman–Crippen MR) is 80.7 cm³/mol. The predicted octanol–water partition coefficient (Wildman–Crippen LogP) is 1.57. The fourth-order valence-electron chi connectivity index (χ4n) is 2.47. The van der Waals surface area contributed by atoms with Gasteiger partial charge in [0.05, 0.1) is 17.3 Å². The van der Waals surface area contributed by atoms with Gasteiger partial charge in [-0.2, -0.15) is 0 Å². The molecule has 0 radical (unpaired) electrons. The van der Waals surface area contributed by atoms with Crippen LogP contribution in [0.1, 0.15) is 12.8 Å². The first-order valence-corrected chi connectivity index (χ1v) is 7.14. The second kappa shape index (κ2) is 6.92. The van der Waals surface area contributed by atoms with Gasteiger partial charge in [-0.25, -0.2) is 0 Å². The minimum absolute atomic E-state index is 0.102. The van der Waals surface area contributed by atoms with E-state index in [1.807, 2.05) is 0 Å². The Morgan fingerprint density at radius 2 is 2.35 bits per heavy atom. The van der Waals surface area contributed by atoms with E-state index < -0.39 is 0 Å². The third-order valence-corrected chi connectivity index (χ3v) is 3.81. The van der Waals surface area contributed by atoms with Crippen LogP contribution in [0.3, 0.4) is 0 Å². The summed E-state index contributed by atoms with van der Waals surface area (Å²) in [5.74, 6) is 0.173. The lowest BCUT2D eigenvalue weighted by Crippen LogP contribution is -2.41. The monoisotopic (exact) mass is 297 g/mol. The summed E-state index contributed by atoms with van der Waals surface area (Å²) in [6.07, 6.45) is 2.04. The van der Waals surface area contributed by atoms with Crippen molar-refractivity contribution in [2.75, 3.05) is 37.3 Å². The Hall–Kier alpha value is -1.30. The number of hydrogen-bond donors (Lipinski definition) is 3. The minimum Gasteiger partial charge on any atom is -0.399 e.